The van der Waals surface area contributed by atoms with Gasteiger partial charge in [0.25, 0.3) is 10.0 Å². The molecule has 0 aliphatic heterocycles. The molecule has 0 amide bonds. The molecule has 0 saturated heterocycles. The topological polar surface area (TPSA) is 72.2 Å². The lowest BCUT2D eigenvalue weighted by Crippen LogP contribution is -2.13. The largest absolute Gasteiger partial charge is 0.361 e. The Morgan fingerprint density at radius 1 is 0.960 bits per heavy atom. The smallest absolute Gasteiger partial charge is 0.261 e. The fourth-order valence-electron chi connectivity index (χ4n) is 2.70. The summed E-state index contributed by atoms with van der Waals surface area (Å²) in [5.74, 6) is 0.702. The predicted molar refractivity (Wildman–Crippen MR) is 98.1 cm³/mol. The maximum absolute atomic E-state index is 12.7. The lowest BCUT2D eigenvalue weighted by Gasteiger charge is -2.12. The van der Waals surface area contributed by atoms with Gasteiger partial charge in [0.2, 0.25) is 0 Å². The molecule has 0 spiro atoms. The second-order valence-corrected chi connectivity index (χ2v) is 7.83. The Morgan fingerprint density at radius 3 is 2.24 bits per heavy atom. The molecule has 2 aromatic carbocycles. The van der Waals surface area contributed by atoms with Crippen molar-refractivity contribution in [2.24, 2.45) is 0 Å². The molecule has 1 aromatic heterocycles. The van der Waals surface area contributed by atoms with Crippen molar-refractivity contribution in [1.29, 1.82) is 0 Å². The molecule has 0 fully saturated rings. The van der Waals surface area contributed by atoms with Gasteiger partial charge in [0.15, 0.2) is 0 Å². The van der Waals surface area contributed by atoms with Gasteiger partial charge in [0.05, 0.1) is 16.3 Å². The fourth-order valence-corrected chi connectivity index (χ4v) is 3.83. The van der Waals surface area contributed by atoms with E-state index in [9.17, 15) is 8.42 Å². The van der Waals surface area contributed by atoms with Crippen molar-refractivity contribution < 1.29 is 12.9 Å². The van der Waals surface area contributed by atoms with Gasteiger partial charge >= 0.3 is 0 Å². The molecule has 0 saturated carbocycles. The van der Waals surface area contributed by atoms with Crippen LogP contribution in [0.3, 0.4) is 0 Å². The van der Waals surface area contributed by atoms with E-state index in [2.05, 4.69) is 9.88 Å². The number of anilines is 1. The van der Waals surface area contributed by atoms with Crippen molar-refractivity contribution >= 4 is 15.7 Å². The molecule has 0 unspecified atom stereocenters. The Balaban J connectivity index is 2.00. The zero-order chi connectivity index (χ0) is 18.2. The summed E-state index contributed by atoms with van der Waals surface area (Å²) >= 11 is 0. The van der Waals surface area contributed by atoms with Crippen molar-refractivity contribution in [3.8, 4) is 11.1 Å². The highest BCUT2D eigenvalue weighted by Crippen LogP contribution is 2.31. The number of hydrogen-bond donors (Lipinski definition) is 1. The monoisotopic (exact) mass is 356 g/mol. The number of aryl methyl sites for hydroxylation is 4. The average molecular weight is 356 g/mol. The Labute approximate surface area is 147 Å². The highest BCUT2D eigenvalue weighted by molar-refractivity contribution is 7.92. The maximum Gasteiger partial charge on any atom is 0.261 e. The summed E-state index contributed by atoms with van der Waals surface area (Å²) in [5.41, 5.74) is 4.91. The number of nitrogens with one attached hydrogen (secondary N) is 1. The van der Waals surface area contributed by atoms with Crippen molar-refractivity contribution in [1.82, 2.24) is 5.16 Å². The van der Waals surface area contributed by atoms with Crippen molar-refractivity contribution in [3.05, 3.63) is 65.0 Å². The summed E-state index contributed by atoms with van der Waals surface area (Å²) in [5, 5.41) is 3.96. The van der Waals surface area contributed by atoms with Gasteiger partial charge in [-0.2, -0.15) is 0 Å². The van der Waals surface area contributed by atoms with Gasteiger partial charge in [0, 0.05) is 5.56 Å². The number of benzene rings is 2. The van der Waals surface area contributed by atoms with E-state index in [4.69, 9.17) is 4.52 Å². The van der Waals surface area contributed by atoms with Crippen LogP contribution in [0.4, 0.5) is 5.69 Å². The molecule has 1 heterocycles. The van der Waals surface area contributed by atoms with Gasteiger partial charge in [-0.05, 0) is 57.0 Å². The maximum atomic E-state index is 12.7. The molecule has 0 aliphatic rings. The Bertz CT molecular complexity index is 1000. The van der Waals surface area contributed by atoms with Crippen molar-refractivity contribution in [2.45, 2.75) is 32.6 Å². The van der Waals surface area contributed by atoms with Crippen LogP contribution < -0.4 is 4.72 Å². The molecule has 6 heteroatoms. The number of nitrogens with zero attached hydrogens (tertiary/aromatic N) is 1. The van der Waals surface area contributed by atoms with Gasteiger partial charge in [0.1, 0.15) is 5.76 Å². The van der Waals surface area contributed by atoms with Crippen LogP contribution in [0.1, 0.15) is 22.6 Å². The van der Waals surface area contributed by atoms with E-state index >= 15 is 0 Å². The molecular weight excluding hydrogens is 336 g/mol. The van der Waals surface area contributed by atoms with Gasteiger partial charge in [-0.1, -0.05) is 35.0 Å². The second kappa shape index (κ2) is 6.37. The molecule has 0 atom stereocenters. The first-order chi connectivity index (χ1) is 11.8. The average Bonchev–Trinajstić information content (AvgIpc) is 2.89. The molecule has 1 N–H and O–H groups in total. The van der Waals surface area contributed by atoms with Gasteiger partial charge in [-0.15, -0.1) is 0 Å². The molecule has 0 aliphatic carbocycles. The first-order valence-corrected chi connectivity index (χ1v) is 9.39. The first-order valence-electron chi connectivity index (χ1n) is 7.91. The first kappa shape index (κ1) is 17.2. The van der Waals surface area contributed by atoms with Crippen LogP contribution in [0.5, 0.6) is 0 Å². The van der Waals surface area contributed by atoms with Crippen LogP contribution in [0.2, 0.25) is 0 Å². The minimum atomic E-state index is -3.65. The van der Waals surface area contributed by atoms with E-state index in [0.29, 0.717) is 11.4 Å². The lowest BCUT2D eigenvalue weighted by atomic mass is 10.0. The SMILES string of the molecule is Cc1ccc(S(=O)(=O)Nc2cc(-c3c(C)noc3C)ccc2C)cc1. The quantitative estimate of drug-likeness (QED) is 0.753. The highest BCUT2D eigenvalue weighted by Gasteiger charge is 2.17. The third-order valence-electron chi connectivity index (χ3n) is 4.14. The van der Waals surface area contributed by atoms with Gasteiger partial charge < -0.3 is 4.52 Å². The van der Waals surface area contributed by atoms with E-state index in [1.165, 1.54) is 0 Å². The normalized spacial score (nSPS) is 11.5. The zero-order valence-corrected chi connectivity index (χ0v) is 15.4. The summed E-state index contributed by atoms with van der Waals surface area (Å²) < 4.78 is 33.2. The van der Waals surface area contributed by atoms with Crippen LogP contribution in [0.25, 0.3) is 11.1 Å². The van der Waals surface area contributed by atoms with Gasteiger partial charge in [-0.3, -0.25) is 4.72 Å². The number of rotatable bonds is 4. The second-order valence-electron chi connectivity index (χ2n) is 6.15. The van der Waals surface area contributed by atoms with E-state index in [1.807, 2.05) is 45.9 Å². The fraction of sp³-hybridized carbons (Fsp3) is 0.211. The molecule has 3 rings (SSSR count). The minimum Gasteiger partial charge on any atom is -0.361 e. The minimum absolute atomic E-state index is 0.236. The number of aromatic nitrogens is 1. The van der Waals surface area contributed by atoms with Crippen LogP contribution in [0, 0.1) is 27.7 Å². The summed E-state index contributed by atoms with van der Waals surface area (Å²) in [6.07, 6.45) is 0. The standard InChI is InChI=1S/C19H20N2O3S/c1-12-5-9-17(10-6-12)25(22,23)21-18-11-16(8-7-13(18)2)19-14(3)20-24-15(19)4/h5-11,21H,1-4H3. The van der Waals surface area contributed by atoms with Gasteiger partial charge in [-0.25, -0.2) is 8.42 Å². The summed E-state index contributed by atoms with van der Waals surface area (Å²) in [7, 11) is -3.65. The molecule has 0 bridgehead atoms. The van der Waals surface area contributed by atoms with E-state index in [0.717, 1.165) is 27.9 Å². The highest BCUT2D eigenvalue weighted by atomic mass is 32.2. The molecule has 5 nitrogen and oxygen atoms in total. The molecule has 3 aromatic rings. The van der Waals surface area contributed by atoms with E-state index < -0.39 is 10.0 Å². The molecule has 0 radical (unpaired) electrons. The van der Waals surface area contributed by atoms with Crippen molar-refractivity contribution in [2.75, 3.05) is 4.72 Å². The van der Waals surface area contributed by atoms with E-state index in [-0.39, 0.29) is 4.90 Å². The summed E-state index contributed by atoms with van der Waals surface area (Å²) in [6.45, 7) is 7.48. The van der Waals surface area contributed by atoms with E-state index in [1.54, 1.807) is 24.3 Å². The third kappa shape index (κ3) is 3.44. The Hall–Kier alpha value is -2.60. The summed E-state index contributed by atoms with van der Waals surface area (Å²) in [4.78, 5) is 0.236. The lowest BCUT2D eigenvalue weighted by molar-refractivity contribution is 0.393. The zero-order valence-electron chi connectivity index (χ0n) is 14.6. The van der Waals surface area contributed by atoms with Crippen molar-refractivity contribution in [3.63, 3.8) is 0 Å². The Kier molecular flexibility index (Phi) is 4.39. The molecule has 130 valence electrons. The van der Waals surface area contributed by atoms with Crippen LogP contribution in [-0.2, 0) is 10.0 Å². The molecular formula is C19H20N2O3S. The Morgan fingerprint density at radius 2 is 1.64 bits per heavy atom. The molecule has 25 heavy (non-hydrogen) atoms. The van der Waals surface area contributed by atoms with Crippen LogP contribution in [-0.4, -0.2) is 13.6 Å². The number of sulfonamides is 1. The number of hydrogen-bond acceptors (Lipinski definition) is 4. The summed E-state index contributed by atoms with van der Waals surface area (Å²) in [6, 6.07) is 12.4. The van der Waals surface area contributed by atoms with Crippen LogP contribution in [0.15, 0.2) is 51.9 Å². The van der Waals surface area contributed by atoms with Crippen LogP contribution >= 0.6 is 0 Å². The predicted octanol–water partition coefficient (Wildman–Crippen LogP) is 4.38. The third-order valence-corrected chi connectivity index (χ3v) is 5.52.